The molecule has 0 N–H and O–H groups in total. The van der Waals surface area contributed by atoms with Crippen molar-refractivity contribution in [3.63, 3.8) is 0 Å². The molecule has 0 nitrogen and oxygen atoms in total. The van der Waals surface area contributed by atoms with Gasteiger partial charge in [0.05, 0.1) is 0 Å². The molecule has 0 aliphatic heterocycles. The third kappa shape index (κ3) is 1.86. The van der Waals surface area contributed by atoms with Crippen LogP contribution in [0.5, 0.6) is 0 Å². The molecule has 1 aromatic carbocycles. The standard InChI is InChI=1S/C10H10ClF/c1-7-3-4-9(12)5-10(7)8(2)6-11/h3-5H,2,6H2,1H3. The molecule has 0 heterocycles. The van der Waals surface area contributed by atoms with Crippen LogP contribution in [0.15, 0.2) is 24.8 Å². The molecule has 1 aromatic rings. The molecular weight excluding hydrogens is 175 g/mol. The van der Waals surface area contributed by atoms with Crippen LogP contribution in [0.25, 0.3) is 5.57 Å². The molecule has 0 aliphatic carbocycles. The number of hydrogen-bond acceptors (Lipinski definition) is 0. The number of alkyl halides is 1. The van der Waals surface area contributed by atoms with Crippen LogP contribution in [-0.4, -0.2) is 5.88 Å². The average Bonchev–Trinajstić information content (AvgIpc) is 2.08. The lowest BCUT2D eigenvalue weighted by atomic mass is 10.0. The molecule has 0 saturated carbocycles. The third-order valence-corrected chi connectivity index (χ3v) is 2.06. The molecule has 0 atom stereocenters. The van der Waals surface area contributed by atoms with Gasteiger partial charge >= 0.3 is 0 Å². The minimum atomic E-state index is -0.248. The summed E-state index contributed by atoms with van der Waals surface area (Å²) >= 11 is 5.59. The average molecular weight is 185 g/mol. The molecule has 0 unspecified atom stereocenters. The van der Waals surface area contributed by atoms with Gasteiger partial charge in [-0.05, 0) is 35.8 Å². The van der Waals surface area contributed by atoms with Crippen LogP contribution in [0, 0.1) is 12.7 Å². The molecule has 64 valence electrons. The second-order valence-corrected chi connectivity index (χ2v) is 2.96. The first-order chi connectivity index (χ1) is 5.65. The Morgan fingerprint density at radius 2 is 2.25 bits per heavy atom. The first-order valence-electron chi connectivity index (χ1n) is 3.65. The maximum absolute atomic E-state index is 12.8. The van der Waals surface area contributed by atoms with Crippen LogP contribution < -0.4 is 0 Å². The maximum atomic E-state index is 12.8. The largest absolute Gasteiger partial charge is 0.207 e. The van der Waals surface area contributed by atoms with Crippen molar-refractivity contribution in [1.29, 1.82) is 0 Å². The van der Waals surface area contributed by atoms with Crippen LogP contribution in [0.3, 0.4) is 0 Å². The summed E-state index contributed by atoms with van der Waals surface area (Å²) in [6.45, 7) is 5.66. The Morgan fingerprint density at radius 3 is 2.83 bits per heavy atom. The van der Waals surface area contributed by atoms with E-state index in [4.69, 9.17) is 11.6 Å². The normalized spacial score (nSPS) is 9.92. The molecule has 0 spiro atoms. The topological polar surface area (TPSA) is 0 Å². The zero-order valence-electron chi connectivity index (χ0n) is 6.90. The fourth-order valence-corrected chi connectivity index (χ4v) is 1.19. The van der Waals surface area contributed by atoms with E-state index in [1.807, 2.05) is 6.92 Å². The van der Waals surface area contributed by atoms with Gasteiger partial charge in [-0.25, -0.2) is 4.39 Å². The van der Waals surface area contributed by atoms with Gasteiger partial charge in [-0.15, -0.1) is 11.6 Å². The Morgan fingerprint density at radius 1 is 1.58 bits per heavy atom. The van der Waals surface area contributed by atoms with Gasteiger partial charge in [0.1, 0.15) is 5.82 Å². The molecule has 0 saturated heterocycles. The summed E-state index contributed by atoms with van der Waals surface area (Å²) in [7, 11) is 0. The molecule has 0 aliphatic rings. The van der Waals surface area contributed by atoms with Crippen molar-refractivity contribution < 1.29 is 4.39 Å². The van der Waals surface area contributed by atoms with E-state index >= 15 is 0 Å². The predicted octanol–water partition coefficient (Wildman–Crippen LogP) is 3.39. The van der Waals surface area contributed by atoms with E-state index in [1.54, 1.807) is 6.07 Å². The van der Waals surface area contributed by atoms with E-state index in [0.29, 0.717) is 5.88 Å². The number of aryl methyl sites for hydroxylation is 1. The summed E-state index contributed by atoms with van der Waals surface area (Å²) in [5.74, 6) is 0.0893. The van der Waals surface area contributed by atoms with Gasteiger partial charge in [0.2, 0.25) is 0 Å². The van der Waals surface area contributed by atoms with Gasteiger partial charge in [-0.3, -0.25) is 0 Å². The summed E-state index contributed by atoms with van der Waals surface area (Å²) < 4.78 is 12.8. The zero-order valence-corrected chi connectivity index (χ0v) is 7.66. The highest BCUT2D eigenvalue weighted by Gasteiger charge is 2.02. The van der Waals surface area contributed by atoms with E-state index in [1.165, 1.54) is 12.1 Å². The number of halogens is 2. The number of rotatable bonds is 2. The fourth-order valence-electron chi connectivity index (χ4n) is 1.05. The monoisotopic (exact) mass is 184 g/mol. The van der Waals surface area contributed by atoms with E-state index < -0.39 is 0 Å². The van der Waals surface area contributed by atoms with Gasteiger partial charge in [-0.1, -0.05) is 12.6 Å². The minimum absolute atomic E-state index is 0.248. The number of allylic oxidation sites excluding steroid dienone is 1. The molecule has 0 fully saturated rings. The zero-order chi connectivity index (χ0) is 9.14. The second kappa shape index (κ2) is 3.72. The van der Waals surface area contributed by atoms with Gasteiger partial charge in [0.25, 0.3) is 0 Å². The van der Waals surface area contributed by atoms with Crippen LogP contribution in [0.1, 0.15) is 11.1 Å². The first-order valence-corrected chi connectivity index (χ1v) is 4.19. The highest BCUT2D eigenvalue weighted by Crippen LogP contribution is 2.19. The Kier molecular flexibility index (Phi) is 2.88. The molecular formula is C10H10ClF. The predicted molar refractivity (Wildman–Crippen MR) is 50.9 cm³/mol. The molecule has 0 aromatic heterocycles. The van der Waals surface area contributed by atoms with Crippen LogP contribution in [0.4, 0.5) is 4.39 Å². The molecule has 1 rings (SSSR count). The first kappa shape index (κ1) is 9.27. The Hall–Kier alpha value is -0.820. The van der Waals surface area contributed by atoms with E-state index in [0.717, 1.165) is 16.7 Å². The highest BCUT2D eigenvalue weighted by atomic mass is 35.5. The fraction of sp³-hybridized carbons (Fsp3) is 0.200. The Labute approximate surface area is 76.7 Å². The van der Waals surface area contributed by atoms with Crippen molar-refractivity contribution in [2.24, 2.45) is 0 Å². The van der Waals surface area contributed by atoms with E-state index in [9.17, 15) is 4.39 Å². The van der Waals surface area contributed by atoms with Crippen LogP contribution >= 0.6 is 11.6 Å². The molecule has 0 bridgehead atoms. The lowest BCUT2D eigenvalue weighted by Gasteiger charge is -2.05. The summed E-state index contributed by atoms with van der Waals surface area (Å²) in [5.41, 5.74) is 2.57. The molecule has 2 heteroatoms. The van der Waals surface area contributed by atoms with Crippen LogP contribution in [0.2, 0.25) is 0 Å². The summed E-state index contributed by atoms with van der Waals surface area (Å²) in [6.07, 6.45) is 0. The minimum Gasteiger partial charge on any atom is -0.207 e. The van der Waals surface area contributed by atoms with Crippen molar-refractivity contribution in [1.82, 2.24) is 0 Å². The quantitative estimate of drug-likeness (QED) is 0.619. The maximum Gasteiger partial charge on any atom is 0.123 e. The van der Waals surface area contributed by atoms with Crippen molar-refractivity contribution in [2.45, 2.75) is 6.92 Å². The number of hydrogen-bond donors (Lipinski definition) is 0. The Bertz CT molecular complexity index is 305. The van der Waals surface area contributed by atoms with Crippen molar-refractivity contribution in [3.05, 3.63) is 41.7 Å². The van der Waals surface area contributed by atoms with Crippen molar-refractivity contribution >= 4 is 17.2 Å². The van der Waals surface area contributed by atoms with E-state index in [2.05, 4.69) is 6.58 Å². The third-order valence-electron chi connectivity index (χ3n) is 1.74. The van der Waals surface area contributed by atoms with Gasteiger partial charge in [-0.2, -0.15) is 0 Å². The van der Waals surface area contributed by atoms with Crippen molar-refractivity contribution in [3.8, 4) is 0 Å². The van der Waals surface area contributed by atoms with Crippen molar-refractivity contribution in [2.75, 3.05) is 5.88 Å². The van der Waals surface area contributed by atoms with Gasteiger partial charge in [0.15, 0.2) is 0 Å². The van der Waals surface area contributed by atoms with E-state index in [-0.39, 0.29) is 5.82 Å². The smallest absolute Gasteiger partial charge is 0.123 e. The molecule has 0 radical (unpaired) electrons. The molecule has 0 amide bonds. The lowest BCUT2D eigenvalue weighted by molar-refractivity contribution is 0.627. The summed E-state index contributed by atoms with van der Waals surface area (Å²) in [4.78, 5) is 0. The SMILES string of the molecule is C=C(CCl)c1cc(F)ccc1C. The van der Waals surface area contributed by atoms with Crippen LogP contribution in [-0.2, 0) is 0 Å². The van der Waals surface area contributed by atoms with Gasteiger partial charge < -0.3 is 0 Å². The lowest BCUT2D eigenvalue weighted by Crippen LogP contribution is -1.90. The number of benzene rings is 1. The highest BCUT2D eigenvalue weighted by molar-refractivity contribution is 6.23. The molecule has 12 heavy (non-hydrogen) atoms. The van der Waals surface area contributed by atoms with Gasteiger partial charge in [0, 0.05) is 5.88 Å². The summed E-state index contributed by atoms with van der Waals surface area (Å²) in [5, 5.41) is 0. The summed E-state index contributed by atoms with van der Waals surface area (Å²) in [6, 6.07) is 4.61. The second-order valence-electron chi connectivity index (χ2n) is 2.70. The Balaban J connectivity index is 3.13.